The number of halogens is 1. The number of esters is 1. The normalized spacial score (nSPS) is 14.6. The molecular weight excluding hydrogens is 435 g/mol. The van der Waals surface area contributed by atoms with Crippen LogP contribution in [0.4, 0.5) is 10.1 Å². The van der Waals surface area contributed by atoms with Crippen LogP contribution in [0.5, 0.6) is 0 Å². The number of carbonyl (C=O) groups is 2. The van der Waals surface area contributed by atoms with Crippen LogP contribution in [0.2, 0.25) is 0 Å². The first-order valence-electron chi connectivity index (χ1n) is 10.5. The predicted octanol–water partition coefficient (Wildman–Crippen LogP) is 3.72. The van der Waals surface area contributed by atoms with Gasteiger partial charge in [0.2, 0.25) is 10.0 Å². The average Bonchev–Trinajstić information content (AvgIpc) is 2.76. The molecule has 0 unspecified atom stereocenters. The van der Waals surface area contributed by atoms with Crippen molar-refractivity contribution in [3.63, 3.8) is 0 Å². The zero-order valence-corrected chi connectivity index (χ0v) is 18.7. The van der Waals surface area contributed by atoms with Gasteiger partial charge in [0, 0.05) is 18.3 Å². The number of nitrogens with one attached hydrogen (secondary N) is 1. The van der Waals surface area contributed by atoms with Crippen LogP contribution in [-0.2, 0) is 26.1 Å². The zero-order valence-electron chi connectivity index (χ0n) is 17.9. The molecule has 172 valence electrons. The highest BCUT2D eigenvalue weighted by molar-refractivity contribution is 7.92. The number of hydrogen-bond acceptors (Lipinski definition) is 5. The van der Waals surface area contributed by atoms with Crippen molar-refractivity contribution in [1.29, 1.82) is 0 Å². The molecular formula is C23H27FN2O5S. The number of anilines is 1. The van der Waals surface area contributed by atoms with Crippen LogP contribution in [-0.4, -0.2) is 44.1 Å². The van der Waals surface area contributed by atoms with Crippen LogP contribution < -0.4 is 4.72 Å². The van der Waals surface area contributed by atoms with E-state index in [2.05, 4.69) is 4.72 Å². The Hall–Kier alpha value is -2.94. The number of carbonyl (C=O) groups excluding carboxylic acids is 2. The van der Waals surface area contributed by atoms with Gasteiger partial charge >= 0.3 is 5.97 Å². The number of ether oxygens (including phenoxy) is 1. The summed E-state index contributed by atoms with van der Waals surface area (Å²) in [4.78, 5) is 27.1. The molecule has 0 heterocycles. The van der Waals surface area contributed by atoms with Crippen molar-refractivity contribution in [3.8, 4) is 0 Å². The molecule has 0 aliphatic heterocycles. The van der Waals surface area contributed by atoms with Gasteiger partial charge in [-0.15, -0.1) is 0 Å². The van der Waals surface area contributed by atoms with Gasteiger partial charge in [0.15, 0.2) is 6.61 Å². The molecule has 7 nitrogen and oxygen atoms in total. The lowest BCUT2D eigenvalue weighted by Gasteiger charge is -2.34. The maximum absolute atomic E-state index is 13.3. The molecule has 1 amide bonds. The Balaban J connectivity index is 1.67. The maximum atomic E-state index is 13.3. The highest BCUT2D eigenvalue weighted by atomic mass is 32.2. The molecule has 2 aromatic rings. The van der Waals surface area contributed by atoms with Crippen molar-refractivity contribution < 1.29 is 27.1 Å². The summed E-state index contributed by atoms with van der Waals surface area (Å²) < 4.78 is 43.6. The second kappa shape index (κ2) is 10.6. The number of rotatable bonds is 8. The quantitative estimate of drug-likeness (QED) is 0.604. The number of amides is 1. The predicted molar refractivity (Wildman–Crippen MR) is 119 cm³/mol. The fraction of sp³-hybridized carbons (Fsp3) is 0.391. The molecule has 1 aliphatic carbocycles. The van der Waals surface area contributed by atoms with E-state index in [9.17, 15) is 22.4 Å². The van der Waals surface area contributed by atoms with Crippen molar-refractivity contribution >= 4 is 27.6 Å². The van der Waals surface area contributed by atoms with Gasteiger partial charge in [-0.1, -0.05) is 37.5 Å². The third kappa shape index (κ3) is 7.05. The fourth-order valence-corrected chi connectivity index (χ4v) is 4.37. The van der Waals surface area contributed by atoms with E-state index in [-0.39, 0.29) is 29.0 Å². The van der Waals surface area contributed by atoms with Crippen molar-refractivity contribution in [1.82, 2.24) is 4.90 Å². The number of benzene rings is 2. The molecule has 0 saturated heterocycles. The summed E-state index contributed by atoms with van der Waals surface area (Å²) in [5.74, 6) is -1.38. The molecule has 9 heteroatoms. The van der Waals surface area contributed by atoms with Gasteiger partial charge in [-0.2, -0.15) is 0 Å². The Labute approximate surface area is 187 Å². The summed E-state index contributed by atoms with van der Waals surface area (Å²) in [6.07, 6.45) is 5.94. The number of sulfonamides is 1. The van der Waals surface area contributed by atoms with E-state index in [0.717, 1.165) is 43.9 Å². The molecule has 0 atom stereocenters. The SMILES string of the molecule is CS(=O)(=O)Nc1cccc(C(=O)OCC(=O)N(Cc2ccc(F)cc2)C2CCCCC2)c1. The first-order chi connectivity index (χ1) is 15.2. The first kappa shape index (κ1) is 23.7. The average molecular weight is 463 g/mol. The van der Waals surface area contributed by atoms with E-state index in [1.165, 1.54) is 36.4 Å². The lowest BCUT2D eigenvalue weighted by atomic mass is 9.93. The highest BCUT2D eigenvalue weighted by Crippen LogP contribution is 2.24. The molecule has 1 N–H and O–H groups in total. The Bertz CT molecular complexity index is 1050. The van der Waals surface area contributed by atoms with Gasteiger partial charge in [0.1, 0.15) is 5.82 Å². The highest BCUT2D eigenvalue weighted by Gasteiger charge is 2.26. The van der Waals surface area contributed by atoms with Crippen molar-refractivity contribution in [2.75, 3.05) is 17.6 Å². The lowest BCUT2D eigenvalue weighted by molar-refractivity contribution is -0.138. The molecule has 2 aromatic carbocycles. The van der Waals surface area contributed by atoms with Crippen LogP contribution in [0.3, 0.4) is 0 Å². The first-order valence-corrected chi connectivity index (χ1v) is 12.4. The summed E-state index contributed by atoms with van der Waals surface area (Å²) in [6.45, 7) is -0.116. The second-order valence-electron chi connectivity index (χ2n) is 7.97. The van der Waals surface area contributed by atoms with Crippen LogP contribution in [0.25, 0.3) is 0 Å². The molecule has 0 aromatic heterocycles. The Kier molecular flexibility index (Phi) is 7.84. The Morgan fingerprint density at radius 3 is 2.44 bits per heavy atom. The van der Waals surface area contributed by atoms with Crippen LogP contribution >= 0.6 is 0 Å². The molecule has 32 heavy (non-hydrogen) atoms. The number of nitrogens with zero attached hydrogens (tertiary/aromatic N) is 1. The van der Waals surface area contributed by atoms with E-state index >= 15 is 0 Å². The van der Waals surface area contributed by atoms with Gasteiger partial charge < -0.3 is 9.64 Å². The van der Waals surface area contributed by atoms with E-state index < -0.39 is 22.6 Å². The minimum Gasteiger partial charge on any atom is -0.452 e. The third-order valence-electron chi connectivity index (χ3n) is 5.33. The van der Waals surface area contributed by atoms with Gasteiger partial charge in [-0.3, -0.25) is 9.52 Å². The molecule has 0 bridgehead atoms. The number of hydrogen-bond donors (Lipinski definition) is 1. The molecule has 1 fully saturated rings. The van der Waals surface area contributed by atoms with Crippen LogP contribution in [0.1, 0.15) is 48.0 Å². The summed E-state index contributed by atoms with van der Waals surface area (Å²) in [6, 6.07) is 11.9. The molecule has 1 saturated carbocycles. The standard InChI is InChI=1S/C23H27FN2O5S/c1-32(29,30)25-20-7-5-6-18(14-20)23(28)31-16-22(27)26(21-8-3-2-4-9-21)15-17-10-12-19(24)13-11-17/h5-7,10-14,21,25H,2-4,8-9,15-16H2,1H3. The molecule has 0 spiro atoms. The van der Waals surface area contributed by atoms with Crippen molar-refractivity contribution in [2.24, 2.45) is 0 Å². The minimum absolute atomic E-state index is 0.0438. The zero-order chi connectivity index (χ0) is 23.1. The van der Waals surface area contributed by atoms with Gasteiger partial charge in [-0.25, -0.2) is 17.6 Å². The van der Waals surface area contributed by atoms with Gasteiger partial charge in [0.05, 0.1) is 11.8 Å². The summed E-state index contributed by atoms with van der Waals surface area (Å²) in [5.41, 5.74) is 1.17. The minimum atomic E-state index is -3.49. The van der Waals surface area contributed by atoms with E-state index in [1.54, 1.807) is 17.0 Å². The monoisotopic (exact) mass is 462 g/mol. The van der Waals surface area contributed by atoms with E-state index in [1.807, 2.05) is 0 Å². The van der Waals surface area contributed by atoms with Gasteiger partial charge in [0.25, 0.3) is 5.91 Å². The molecule has 0 radical (unpaired) electrons. The van der Waals surface area contributed by atoms with Crippen molar-refractivity contribution in [3.05, 3.63) is 65.5 Å². The Morgan fingerprint density at radius 2 is 1.78 bits per heavy atom. The fourth-order valence-electron chi connectivity index (χ4n) is 3.82. The van der Waals surface area contributed by atoms with E-state index in [4.69, 9.17) is 4.74 Å². The third-order valence-corrected chi connectivity index (χ3v) is 5.94. The molecule has 3 rings (SSSR count). The van der Waals surface area contributed by atoms with Crippen LogP contribution in [0.15, 0.2) is 48.5 Å². The summed E-state index contributed by atoms with van der Waals surface area (Å²) >= 11 is 0. The maximum Gasteiger partial charge on any atom is 0.338 e. The Morgan fingerprint density at radius 1 is 1.09 bits per heavy atom. The second-order valence-corrected chi connectivity index (χ2v) is 9.72. The van der Waals surface area contributed by atoms with E-state index in [0.29, 0.717) is 6.54 Å². The van der Waals surface area contributed by atoms with Crippen LogP contribution in [0, 0.1) is 5.82 Å². The summed E-state index contributed by atoms with van der Waals surface area (Å²) in [5, 5.41) is 0. The smallest absolute Gasteiger partial charge is 0.338 e. The van der Waals surface area contributed by atoms with Gasteiger partial charge in [-0.05, 0) is 48.7 Å². The largest absolute Gasteiger partial charge is 0.452 e. The molecule has 1 aliphatic rings. The topological polar surface area (TPSA) is 92.8 Å². The van der Waals surface area contributed by atoms with Crippen molar-refractivity contribution in [2.45, 2.75) is 44.7 Å². The summed E-state index contributed by atoms with van der Waals surface area (Å²) in [7, 11) is -3.49. The lowest BCUT2D eigenvalue weighted by Crippen LogP contribution is -2.43.